The van der Waals surface area contributed by atoms with Crippen LogP contribution in [0.4, 0.5) is 0 Å². The Kier molecular flexibility index (Phi) is 7.81. The number of aliphatic hydroxyl groups excluding tert-OH is 1. The van der Waals surface area contributed by atoms with E-state index in [0.717, 1.165) is 38.8 Å². The molecule has 0 aromatic carbocycles. The summed E-state index contributed by atoms with van der Waals surface area (Å²) < 4.78 is 0. The lowest BCUT2D eigenvalue weighted by Crippen LogP contribution is -2.36. The van der Waals surface area contributed by atoms with Crippen molar-refractivity contribution in [2.24, 2.45) is 5.41 Å². The highest BCUT2D eigenvalue weighted by molar-refractivity contribution is 4.78. The lowest BCUT2D eigenvalue weighted by Gasteiger charge is -2.29. The standard InChI is InChI=1S/C12H25NO/c1-4-7-8-9-13-10-12(5-2,6-3)11-14/h4,13-14H,1,5-11H2,2-3H3. The van der Waals surface area contributed by atoms with Crippen molar-refractivity contribution >= 4 is 0 Å². The van der Waals surface area contributed by atoms with Crippen LogP contribution in [-0.4, -0.2) is 24.8 Å². The Bertz CT molecular complexity index is 133. The summed E-state index contributed by atoms with van der Waals surface area (Å²) in [6, 6.07) is 0. The molecule has 2 heteroatoms. The van der Waals surface area contributed by atoms with E-state index >= 15 is 0 Å². The fraction of sp³-hybridized carbons (Fsp3) is 0.833. The van der Waals surface area contributed by atoms with Crippen molar-refractivity contribution in [1.82, 2.24) is 5.32 Å². The van der Waals surface area contributed by atoms with Crippen LogP contribution in [0.3, 0.4) is 0 Å². The summed E-state index contributed by atoms with van der Waals surface area (Å²) >= 11 is 0. The fourth-order valence-corrected chi connectivity index (χ4v) is 1.50. The van der Waals surface area contributed by atoms with Gasteiger partial charge in [0.25, 0.3) is 0 Å². The third-order valence-corrected chi connectivity index (χ3v) is 3.10. The Morgan fingerprint density at radius 1 is 1.36 bits per heavy atom. The van der Waals surface area contributed by atoms with Gasteiger partial charge >= 0.3 is 0 Å². The number of hydrogen-bond donors (Lipinski definition) is 2. The molecule has 0 heterocycles. The average Bonchev–Trinajstić information content (AvgIpc) is 2.24. The second kappa shape index (κ2) is 8.01. The van der Waals surface area contributed by atoms with Crippen molar-refractivity contribution in [2.45, 2.75) is 39.5 Å². The second-order valence-electron chi connectivity index (χ2n) is 3.97. The van der Waals surface area contributed by atoms with Gasteiger partial charge < -0.3 is 10.4 Å². The Hall–Kier alpha value is -0.340. The predicted octanol–water partition coefficient (Wildman–Crippen LogP) is 2.34. The highest BCUT2D eigenvalue weighted by Gasteiger charge is 2.24. The second-order valence-corrected chi connectivity index (χ2v) is 3.97. The maximum atomic E-state index is 9.32. The molecule has 0 radical (unpaired) electrons. The molecule has 2 nitrogen and oxygen atoms in total. The summed E-state index contributed by atoms with van der Waals surface area (Å²) in [4.78, 5) is 0. The van der Waals surface area contributed by atoms with Crippen LogP contribution < -0.4 is 5.32 Å². The molecule has 0 aliphatic carbocycles. The normalized spacial score (nSPS) is 11.6. The summed E-state index contributed by atoms with van der Waals surface area (Å²) in [6.07, 6.45) is 6.22. The first-order chi connectivity index (χ1) is 6.74. The minimum absolute atomic E-state index is 0.0914. The fourth-order valence-electron chi connectivity index (χ4n) is 1.50. The molecule has 0 unspecified atom stereocenters. The van der Waals surface area contributed by atoms with Gasteiger partial charge in [0.2, 0.25) is 0 Å². The topological polar surface area (TPSA) is 32.3 Å². The van der Waals surface area contributed by atoms with Crippen molar-refractivity contribution in [2.75, 3.05) is 19.7 Å². The average molecular weight is 199 g/mol. The molecule has 0 aromatic rings. The van der Waals surface area contributed by atoms with Gasteiger partial charge in [0.05, 0.1) is 0 Å². The number of rotatable bonds is 9. The van der Waals surface area contributed by atoms with E-state index in [0.29, 0.717) is 0 Å². The monoisotopic (exact) mass is 199 g/mol. The van der Waals surface area contributed by atoms with Crippen molar-refractivity contribution in [3.63, 3.8) is 0 Å². The summed E-state index contributed by atoms with van der Waals surface area (Å²) in [6.45, 7) is 10.2. The van der Waals surface area contributed by atoms with E-state index in [1.807, 2.05) is 6.08 Å². The van der Waals surface area contributed by atoms with Crippen LogP contribution in [0.15, 0.2) is 12.7 Å². The number of unbranched alkanes of at least 4 members (excludes halogenated alkanes) is 1. The highest BCUT2D eigenvalue weighted by atomic mass is 16.3. The van der Waals surface area contributed by atoms with Gasteiger partial charge in [-0.05, 0) is 32.2 Å². The number of allylic oxidation sites excluding steroid dienone is 1. The molecule has 84 valence electrons. The van der Waals surface area contributed by atoms with Crippen molar-refractivity contribution in [3.05, 3.63) is 12.7 Å². The summed E-state index contributed by atoms with van der Waals surface area (Å²) in [7, 11) is 0. The summed E-state index contributed by atoms with van der Waals surface area (Å²) in [5.41, 5.74) is 0.0914. The zero-order chi connectivity index (χ0) is 10.9. The molecule has 0 aliphatic heterocycles. The van der Waals surface area contributed by atoms with E-state index in [1.54, 1.807) is 0 Å². The van der Waals surface area contributed by atoms with Gasteiger partial charge in [-0.25, -0.2) is 0 Å². The SMILES string of the molecule is C=CCCCNCC(CC)(CC)CO. The number of hydrogen-bond acceptors (Lipinski definition) is 2. The van der Waals surface area contributed by atoms with Gasteiger partial charge in [-0.3, -0.25) is 0 Å². The molecule has 14 heavy (non-hydrogen) atoms. The van der Waals surface area contributed by atoms with E-state index < -0.39 is 0 Å². The van der Waals surface area contributed by atoms with Gasteiger partial charge in [-0.1, -0.05) is 19.9 Å². The predicted molar refractivity (Wildman–Crippen MR) is 62.4 cm³/mol. The van der Waals surface area contributed by atoms with Crippen LogP contribution in [0.25, 0.3) is 0 Å². The van der Waals surface area contributed by atoms with Crippen LogP contribution in [0.1, 0.15) is 39.5 Å². The van der Waals surface area contributed by atoms with Crippen molar-refractivity contribution < 1.29 is 5.11 Å². The molecule has 0 aliphatic rings. The molecular formula is C12H25NO. The molecule has 0 rings (SSSR count). The lowest BCUT2D eigenvalue weighted by atomic mass is 9.83. The molecule has 0 saturated heterocycles. The minimum Gasteiger partial charge on any atom is -0.396 e. The first-order valence-corrected chi connectivity index (χ1v) is 5.67. The quantitative estimate of drug-likeness (QED) is 0.441. The molecule has 0 fully saturated rings. The van der Waals surface area contributed by atoms with Gasteiger partial charge in [-0.2, -0.15) is 0 Å². The Balaban J connectivity index is 3.65. The molecule has 0 aromatic heterocycles. The Morgan fingerprint density at radius 3 is 2.43 bits per heavy atom. The lowest BCUT2D eigenvalue weighted by molar-refractivity contribution is 0.113. The first kappa shape index (κ1) is 13.7. The number of nitrogens with one attached hydrogen (secondary N) is 1. The van der Waals surface area contributed by atoms with E-state index in [2.05, 4.69) is 25.7 Å². The zero-order valence-electron chi connectivity index (χ0n) is 9.68. The smallest absolute Gasteiger partial charge is 0.0499 e. The molecule has 0 bridgehead atoms. The van der Waals surface area contributed by atoms with E-state index in [-0.39, 0.29) is 12.0 Å². The van der Waals surface area contributed by atoms with Crippen LogP contribution in [0, 0.1) is 5.41 Å². The Labute approximate surface area is 88.4 Å². The number of aliphatic hydroxyl groups is 1. The Morgan fingerprint density at radius 2 is 2.00 bits per heavy atom. The largest absolute Gasteiger partial charge is 0.396 e. The maximum absolute atomic E-state index is 9.32. The van der Waals surface area contributed by atoms with Gasteiger partial charge in [0.1, 0.15) is 0 Å². The third-order valence-electron chi connectivity index (χ3n) is 3.10. The zero-order valence-corrected chi connectivity index (χ0v) is 9.68. The molecule has 0 atom stereocenters. The molecular weight excluding hydrogens is 174 g/mol. The third kappa shape index (κ3) is 4.77. The van der Waals surface area contributed by atoms with Crippen LogP contribution in [0.5, 0.6) is 0 Å². The minimum atomic E-state index is 0.0914. The maximum Gasteiger partial charge on any atom is 0.0499 e. The van der Waals surface area contributed by atoms with Crippen LogP contribution in [0.2, 0.25) is 0 Å². The molecule has 0 amide bonds. The highest BCUT2D eigenvalue weighted by Crippen LogP contribution is 2.24. The molecule has 0 saturated carbocycles. The summed E-state index contributed by atoms with van der Waals surface area (Å²) in [5.74, 6) is 0. The molecule has 2 N–H and O–H groups in total. The van der Waals surface area contributed by atoms with Crippen LogP contribution >= 0.6 is 0 Å². The van der Waals surface area contributed by atoms with E-state index in [1.165, 1.54) is 0 Å². The first-order valence-electron chi connectivity index (χ1n) is 5.67. The van der Waals surface area contributed by atoms with Gasteiger partial charge in [0.15, 0.2) is 0 Å². The molecule has 0 spiro atoms. The van der Waals surface area contributed by atoms with Crippen LogP contribution in [-0.2, 0) is 0 Å². The van der Waals surface area contributed by atoms with Gasteiger partial charge in [-0.15, -0.1) is 6.58 Å². The van der Waals surface area contributed by atoms with Crippen molar-refractivity contribution in [3.8, 4) is 0 Å². The summed E-state index contributed by atoms with van der Waals surface area (Å²) in [5, 5.41) is 12.7. The van der Waals surface area contributed by atoms with Crippen molar-refractivity contribution in [1.29, 1.82) is 0 Å². The van der Waals surface area contributed by atoms with E-state index in [9.17, 15) is 5.11 Å². The van der Waals surface area contributed by atoms with Gasteiger partial charge in [0, 0.05) is 18.6 Å². The van der Waals surface area contributed by atoms with E-state index in [4.69, 9.17) is 0 Å².